The number of aryl methyl sites for hydroxylation is 4. The number of hydrogen-bond acceptors (Lipinski definition) is 9. The predicted molar refractivity (Wildman–Crippen MR) is 227 cm³/mol. The molecule has 12 nitrogen and oxygen atoms in total. The van der Waals surface area contributed by atoms with Crippen LogP contribution in [-0.4, -0.2) is 67.5 Å². The van der Waals surface area contributed by atoms with Crippen LogP contribution in [0, 0.1) is 27.7 Å². The third-order valence-electron chi connectivity index (χ3n) is 11.9. The number of piperidine rings is 1. The molecule has 0 radical (unpaired) electrons. The van der Waals surface area contributed by atoms with Crippen molar-refractivity contribution < 1.29 is 24.0 Å². The SMILES string of the molecule is Cc1ccc(C2=N[C@@H](CC(=O)NCCCCCCCCCc3ccc4cccc5c4c3C(=O)N(C3CCC(=O)NC3=O)C5=O)c3nnc(C)n3-c3sc(C)c(C)c32)cc1. The molecule has 3 aromatic carbocycles. The summed E-state index contributed by atoms with van der Waals surface area (Å²) in [6, 6.07) is 16.2. The van der Waals surface area contributed by atoms with Crippen molar-refractivity contribution in [1.29, 1.82) is 0 Å². The van der Waals surface area contributed by atoms with E-state index in [9.17, 15) is 24.0 Å². The number of unbranched alkanes of at least 4 members (excludes halogenated alkanes) is 6. The van der Waals surface area contributed by atoms with Crippen molar-refractivity contribution >= 4 is 57.4 Å². The van der Waals surface area contributed by atoms with E-state index in [1.54, 1.807) is 23.5 Å². The van der Waals surface area contributed by atoms with E-state index >= 15 is 0 Å². The van der Waals surface area contributed by atoms with Crippen LogP contribution < -0.4 is 10.6 Å². The van der Waals surface area contributed by atoms with E-state index in [1.807, 2.05) is 25.1 Å². The van der Waals surface area contributed by atoms with Crippen molar-refractivity contribution in [3.05, 3.63) is 110 Å². The summed E-state index contributed by atoms with van der Waals surface area (Å²) in [4.78, 5) is 73.0. The van der Waals surface area contributed by atoms with Gasteiger partial charge in [0.2, 0.25) is 17.7 Å². The summed E-state index contributed by atoms with van der Waals surface area (Å²) >= 11 is 1.71. The first-order valence-corrected chi connectivity index (χ1v) is 21.5. The van der Waals surface area contributed by atoms with Crippen LogP contribution in [0.25, 0.3) is 15.8 Å². The molecule has 59 heavy (non-hydrogen) atoms. The third kappa shape index (κ3) is 7.75. The van der Waals surface area contributed by atoms with Crippen LogP contribution in [0.4, 0.5) is 0 Å². The predicted octanol–water partition coefficient (Wildman–Crippen LogP) is 7.49. The molecule has 2 N–H and O–H groups in total. The molecule has 0 aliphatic carbocycles. The van der Waals surface area contributed by atoms with Crippen molar-refractivity contribution in [3.8, 4) is 5.00 Å². The minimum absolute atomic E-state index is 0.0599. The van der Waals surface area contributed by atoms with Gasteiger partial charge in [-0.25, -0.2) is 0 Å². The number of amides is 5. The number of carbonyl (C=O) groups excluding carboxylic acids is 5. The Balaban J connectivity index is 0.821. The van der Waals surface area contributed by atoms with E-state index in [-0.39, 0.29) is 25.2 Å². The summed E-state index contributed by atoms with van der Waals surface area (Å²) in [7, 11) is 0. The highest BCUT2D eigenvalue weighted by Gasteiger charge is 2.43. The lowest BCUT2D eigenvalue weighted by molar-refractivity contribution is -0.136. The zero-order valence-electron chi connectivity index (χ0n) is 34.0. The summed E-state index contributed by atoms with van der Waals surface area (Å²) in [5.74, 6) is -0.573. The lowest BCUT2D eigenvalue weighted by atomic mass is 9.87. The fraction of sp³-hybridized carbons (Fsp3) is 0.391. The number of nitrogens with one attached hydrogen (secondary N) is 2. The number of nitrogens with zero attached hydrogens (tertiary/aromatic N) is 5. The first kappa shape index (κ1) is 40.0. The van der Waals surface area contributed by atoms with Crippen LogP contribution in [0.15, 0.2) is 59.6 Å². The summed E-state index contributed by atoms with van der Waals surface area (Å²) in [5, 5.41) is 16.9. The minimum atomic E-state index is -1.01. The monoisotopic (exact) mass is 811 g/mol. The van der Waals surface area contributed by atoms with Crippen LogP contribution in [0.5, 0.6) is 0 Å². The number of thiophene rings is 1. The molecule has 5 aromatic rings. The first-order chi connectivity index (χ1) is 28.5. The smallest absolute Gasteiger partial charge is 0.262 e. The number of rotatable bonds is 14. The van der Waals surface area contributed by atoms with E-state index in [2.05, 4.69) is 70.4 Å². The van der Waals surface area contributed by atoms with Crippen LogP contribution in [0.3, 0.4) is 0 Å². The van der Waals surface area contributed by atoms with Gasteiger partial charge in [-0.05, 0) is 76.0 Å². The number of imide groups is 2. The van der Waals surface area contributed by atoms with Gasteiger partial charge in [-0.2, -0.15) is 0 Å². The number of hydrogen-bond donors (Lipinski definition) is 2. The first-order valence-electron chi connectivity index (χ1n) is 20.7. The Morgan fingerprint density at radius 3 is 2.36 bits per heavy atom. The molecular formula is C46H49N7O5S. The normalized spacial score (nSPS) is 17.4. The summed E-state index contributed by atoms with van der Waals surface area (Å²) in [5.41, 5.74) is 7.09. The van der Waals surface area contributed by atoms with Crippen molar-refractivity contribution in [2.75, 3.05) is 6.54 Å². The maximum atomic E-state index is 14.0. The van der Waals surface area contributed by atoms with Crippen LogP contribution in [-0.2, 0) is 20.8 Å². The molecule has 0 bridgehead atoms. The van der Waals surface area contributed by atoms with Crippen molar-refractivity contribution in [2.45, 2.75) is 110 Å². The van der Waals surface area contributed by atoms with E-state index in [4.69, 9.17) is 4.99 Å². The highest BCUT2D eigenvalue weighted by atomic mass is 32.1. The standard InChI is InChI=1S/C46H49N7O5S/c1-26-16-18-32(19-17-26)41-38-27(2)28(3)59-46(38)52-29(4)50-51-42(52)34(48-41)25-37(55)47-24-11-9-7-5-6-8-10-13-31-21-20-30-14-12-15-33-39(30)40(31)45(58)53(44(33)57)35-22-23-36(54)49-43(35)56/h12,14-21,34-35H,5-11,13,22-25H2,1-4H3,(H,47,55)(H,49,54,56)/t34-,35?/m0/s1. The third-order valence-corrected chi connectivity index (χ3v) is 13.1. The zero-order valence-corrected chi connectivity index (χ0v) is 34.8. The molecule has 1 saturated heterocycles. The lowest BCUT2D eigenvalue weighted by Gasteiger charge is -2.35. The second-order valence-electron chi connectivity index (χ2n) is 16.0. The summed E-state index contributed by atoms with van der Waals surface area (Å²) < 4.78 is 2.08. The van der Waals surface area contributed by atoms with Gasteiger partial charge >= 0.3 is 0 Å². The Morgan fingerprint density at radius 2 is 1.59 bits per heavy atom. The molecular weight excluding hydrogens is 763 g/mol. The molecule has 0 spiro atoms. The molecule has 1 unspecified atom stereocenters. The van der Waals surface area contributed by atoms with E-state index in [0.29, 0.717) is 35.3 Å². The number of aliphatic imine (C=N–C) groups is 1. The molecule has 2 aromatic heterocycles. The summed E-state index contributed by atoms with van der Waals surface area (Å²) in [6.07, 6.45) is 7.97. The second-order valence-corrected chi connectivity index (χ2v) is 17.2. The lowest BCUT2D eigenvalue weighted by Crippen LogP contribution is -2.57. The molecule has 13 heteroatoms. The Labute approximate surface area is 347 Å². The Morgan fingerprint density at radius 1 is 0.847 bits per heavy atom. The molecule has 2 atom stereocenters. The fourth-order valence-electron chi connectivity index (χ4n) is 8.64. The maximum absolute atomic E-state index is 14.0. The van der Waals surface area contributed by atoms with E-state index in [0.717, 1.165) is 88.5 Å². The van der Waals surface area contributed by atoms with Crippen molar-refractivity contribution in [1.82, 2.24) is 30.3 Å². The zero-order chi connectivity index (χ0) is 41.4. The second kappa shape index (κ2) is 16.8. The average molecular weight is 812 g/mol. The quantitative estimate of drug-likeness (QED) is 0.0870. The van der Waals surface area contributed by atoms with Gasteiger partial charge in [0, 0.05) is 39.9 Å². The fourth-order valence-corrected chi connectivity index (χ4v) is 9.86. The van der Waals surface area contributed by atoms with Crippen LogP contribution in [0.2, 0.25) is 0 Å². The van der Waals surface area contributed by atoms with Crippen molar-refractivity contribution in [3.63, 3.8) is 0 Å². The van der Waals surface area contributed by atoms with Gasteiger partial charge in [0.05, 0.1) is 17.7 Å². The average Bonchev–Trinajstić information content (AvgIpc) is 3.70. The largest absolute Gasteiger partial charge is 0.356 e. The van der Waals surface area contributed by atoms with Gasteiger partial charge in [-0.3, -0.25) is 43.7 Å². The number of carbonyl (C=O) groups is 5. The molecule has 304 valence electrons. The van der Waals surface area contributed by atoms with Crippen LogP contribution in [0.1, 0.15) is 135 Å². The molecule has 0 saturated carbocycles. The minimum Gasteiger partial charge on any atom is -0.356 e. The summed E-state index contributed by atoms with van der Waals surface area (Å²) in [6.45, 7) is 8.87. The molecule has 8 rings (SSSR count). The van der Waals surface area contributed by atoms with Gasteiger partial charge in [-0.15, -0.1) is 21.5 Å². The van der Waals surface area contributed by atoms with E-state index < -0.39 is 35.7 Å². The number of benzene rings is 3. The molecule has 5 amide bonds. The highest BCUT2D eigenvalue weighted by Crippen LogP contribution is 2.40. The molecule has 5 heterocycles. The molecule has 3 aliphatic rings. The Hall–Kier alpha value is -5.82. The molecule has 3 aliphatic heterocycles. The topological polar surface area (TPSA) is 156 Å². The van der Waals surface area contributed by atoms with Crippen LogP contribution >= 0.6 is 11.3 Å². The number of fused-ring (bicyclic) bond motifs is 3. The maximum Gasteiger partial charge on any atom is 0.262 e. The van der Waals surface area contributed by atoms with Gasteiger partial charge < -0.3 is 5.32 Å². The van der Waals surface area contributed by atoms with Gasteiger partial charge in [0.15, 0.2) is 5.82 Å². The van der Waals surface area contributed by atoms with Gasteiger partial charge in [0.1, 0.15) is 22.9 Å². The molecule has 1 fully saturated rings. The Bertz CT molecular complexity index is 2530. The van der Waals surface area contributed by atoms with Crippen molar-refractivity contribution in [2.24, 2.45) is 4.99 Å². The highest BCUT2D eigenvalue weighted by molar-refractivity contribution is 7.15. The van der Waals surface area contributed by atoms with E-state index in [1.165, 1.54) is 16.0 Å². The Kier molecular flexibility index (Phi) is 11.4. The number of aromatic nitrogens is 3. The van der Waals surface area contributed by atoms with Gasteiger partial charge in [-0.1, -0.05) is 86.2 Å². The van der Waals surface area contributed by atoms with Gasteiger partial charge in [0.25, 0.3) is 11.8 Å².